The van der Waals surface area contributed by atoms with Crippen molar-refractivity contribution in [3.63, 3.8) is 0 Å². The number of hydrogen-bond donors (Lipinski definition) is 0. The zero-order valence-electron chi connectivity index (χ0n) is 15.9. The third-order valence-electron chi connectivity index (χ3n) is 5.98. The summed E-state index contributed by atoms with van der Waals surface area (Å²) >= 11 is 12.1. The summed E-state index contributed by atoms with van der Waals surface area (Å²) in [7, 11) is 1.72. The average Bonchev–Trinajstić information content (AvgIpc) is 3.30. The zero-order chi connectivity index (χ0) is 19.8. The molecule has 2 heterocycles. The normalized spacial score (nSPS) is 18.8. The lowest BCUT2D eigenvalue weighted by Crippen LogP contribution is -2.39. The van der Waals surface area contributed by atoms with Gasteiger partial charge in [0.2, 0.25) is 0 Å². The van der Waals surface area contributed by atoms with E-state index in [9.17, 15) is 9.59 Å². The van der Waals surface area contributed by atoms with E-state index in [0.29, 0.717) is 28.7 Å². The van der Waals surface area contributed by atoms with E-state index in [0.717, 1.165) is 31.5 Å². The van der Waals surface area contributed by atoms with Crippen molar-refractivity contribution >= 4 is 29.1 Å². The Labute approximate surface area is 174 Å². The van der Waals surface area contributed by atoms with Gasteiger partial charge in [-0.2, -0.15) is 5.10 Å². The summed E-state index contributed by atoms with van der Waals surface area (Å²) in [6, 6.07) is 5.22. The minimum Gasteiger partial charge on any atom is -0.339 e. The highest BCUT2D eigenvalue weighted by atomic mass is 35.5. The molecule has 1 aromatic heterocycles. The van der Waals surface area contributed by atoms with Crippen molar-refractivity contribution in [2.24, 2.45) is 7.05 Å². The van der Waals surface area contributed by atoms with E-state index in [2.05, 4.69) is 5.10 Å². The highest BCUT2D eigenvalue weighted by Gasteiger charge is 2.32. The van der Waals surface area contributed by atoms with Gasteiger partial charge >= 0.3 is 5.69 Å². The molecule has 1 aromatic carbocycles. The van der Waals surface area contributed by atoms with Crippen LogP contribution in [0.2, 0.25) is 10.0 Å². The van der Waals surface area contributed by atoms with Crippen LogP contribution in [0.3, 0.4) is 0 Å². The molecular weight excluding hydrogens is 399 g/mol. The molecule has 150 valence electrons. The molecule has 1 aliphatic heterocycles. The summed E-state index contributed by atoms with van der Waals surface area (Å²) in [5, 5.41) is 5.45. The summed E-state index contributed by atoms with van der Waals surface area (Å²) in [5.74, 6) is 1.00. The van der Waals surface area contributed by atoms with Crippen LogP contribution < -0.4 is 5.69 Å². The molecule has 2 fully saturated rings. The molecule has 1 aliphatic carbocycles. The van der Waals surface area contributed by atoms with E-state index in [-0.39, 0.29) is 23.6 Å². The van der Waals surface area contributed by atoms with Gasteiger partial charge in [0.05, 0.1) is 10.6 Å². The Morgan fingerprint density at radius 1 is 1.11 bits per heavy atom. The molecule has 0 spiro atoms. The van der Waals surface area contributed by atoms with Crippen molar-refractivity contribution in [2.45, 2.75) is 50.5 Å². The highest BCUT2D eigenvalue weighted by Crippen LogP contribution is 2.34. The predicted octanol–water partition coefficient (Wildman–Crippen LogP) is 4.02. The molecule has 6 nitrogen and oxygen atoms in total. The fourth-order valence-corrected chi connectivity index (χ4v) is 4.95. The first kappa shape index (κ1) is 19.5. The highest BCUT2D eigenvalue weighted by molar-refractivity contribution is 6.36. The summed E-state index contributed by atoms with van der Waals surface area (Å²) < 4.78 is 3.38. The van der Waals surface area contributed by atoms with Crippen LogP contribution in [0.5, 0.6) is 0 Å². The van der Waals surface area contributed by atoms with Crippen LogP contribution >= 0.6 is 23.2 Å². The smallest absolute Gasteiger partial charge is 0.339 e. The van der Waals surface area contributed by atoms with Gasteiger partial charge in [0.25, 0.3) is 5.91 Å². The largest absolute Gasteiger partial charge is 0.345 e. The maximum atomic E-state index is 12.8. The minimum atomic E-state index is -0.0747. The summed E-state index contributed by atoms with van der Waals surface area (Å²) in [6.45, 7) is 1.25. The number of carbonyl (C=O) groups is 1. The van der Waals surface area contributed by atoms with E-state index in [1.165, 1.54) is 17.5 Å². The van der Waals surface area contributed by atoms with Gasteiger partial charge in [0.15, 0.2) is 0 Å². The standard InChI is InChI=1S/C20H24Cl2N4O2/c1-24-20(28)26(15-4-2-3-5-15)18(23-24)13-8-10-25(11-9-13)19(27)16-7-6-14(21)12-17(16)22/h6-7,12-13,15H,2-5,8-11H2,1H3. The quantitative estimate of drug-likeness (QED) is 0.749. The van der Waals surface area contributed by atoms with Crippen molar-refractivity contribution < 1.29 is 4.79 Å². The molecule has 0 atom stereocenters. The Morgan fingerprint density at radius 2 is 1.79 bits per heavy atom. The van der Waals surface area contributed by atoms with Crippen molar-refractivity contribution in [1.29, 1.82) is 0 Å². The predicted molar refractivity (Wildman–Crippen MR) is 109 cm³/mol. The lowest BCUT2D eigenvalue weighted by Gasteiger charge is -2.32. The van der Waals surface area contributed by atoms with Crippen LogP contribution in [0.25, 0.3) is 0 Å². The van der Waals surface area contributed by atoms with Gasteiger partial charge in [0, 0.05) is 37.1 Å². The first-order chi connectivity index (χ1) is 13.5. The molecule has 4 rings (SSSR count). The number of amides is 1. The molecule has 1 saturated heterocycles. The maximum Gasteiger partial charge on any atom is 0.345 e. The zero-order valence-corrected chi connectivity index (χ0v) is 17.4. The Hall–Kier alpha value is -1.79. The number of aryl methyl sites for hydroxylation is 1. The fraction of sp³-hybridized carbons (Fsp3) is 0.550. The Balaban J connectivity index is 1.50. The van der Waals surface area contributed by atoms with Gasteiger partial charge in [-0.3, -0.25) is 9.36 Å². The molecule has 0 unspecified atom stereocenters. The number of rotatable bonds is 3. The second-order valence-corrected chi connectivity index (χ2v) is 8.61. The van der Waals surface area contributed by atoms with Crippen molar-refractivity contribution in [2.75, 3.05) is 13.1 Å². The minimum absolute atomic E-state index is 0.0200. The van der Waals surface area contributed by atoms with Crippen LogP contribution in [0.1, 0.15) is 66.7 Å². The van der Waals surface area contributed by atoms with Crippen LogP contribution in [0, 0.1) is 0 Å². The van der Waals surface area contributed by atoms with Gasteiger partial charge in [-0.05, 0) is 43.9 Å². The molecule has 2 aliphatic rings. The number of nitrogens with zero attached hydrogens (tertiary/aromatic N) is 4. The van der Waals surface area contributed by atoms with Crippen molar-refractivity contribution in [1.82, 2.24) is 19.2 Å². The summed E-state index contributed by atoms with van der Waals surface area (Å²) in [5.41, 5.74) is 0.457. The number of likely N-dealkylation sites (tertiary alicyclic amines) is 1. The lowest BCUT2D eigenvalue weighted by atomic mass is 9.95. The maximum absolute atomic E-state index is 12.8. The van der Waals surface area contributed by atoms with Crippen LogP contribution in [0.15, 0.2) is 23.0 Å². The van der Waals surface area contributed by atoms with Crippen LogP contribution in [0.4, 0.5) is 0 Å². The molecule has 28 heavy (non-hydrogen) atoms. The summed E-state index contributed by atoms with van der Waals surface area (Å²) in [6.07, 6.45) is 6.01. The summed E-state index contributed by atoms with van der Waals surface area (Å²) in [4.78, 5) is 27.3. The third kappa shape index (κ3) is 3.60. The van der Waals surface area contributed by atoms with Crippen LogP contribution in [-0.2, 0) is 7.05 Å². The molecular formula is C20H24Cl2N4O2. The second-order valence-electron chi connectivity index (χ2n) is 7.76. The van der Waals surface area contributed by atoms with E-state index >= 15 is 0 Å². The second kappa shape index (κ2) is 7.91. The fourth-order valence-electron chi connectivity index (χ4n) is 4.46. The van der Waals surface area contributed by atoms with Gasteiger partial charge in [-0.25, -0.2) is 9.48 Å². The van der Waals surface area contributed by atoms with Gasteiger partial charge in [0.1, 0.15) is 5.82 Å². The van der Waals surface area contributed by atoms with Crippen LogP contribution in [-0.4, -0.2) is 38.2 Å². The third-order valence-corrected chi connectivity index (χ3v) is 6.53. The average molecular weight is 423 g/mol. The first-order valence-electron chi connectivity index (χ1n) is 9.85. The van der Waals surface area contributed by atoms with Gasteiger partial charge in [-0.1, -0.05) is 36.0 Å². The molecule has 0 N–H and O–H groups in total. The van der Waals surface area contributed by atoms with E-state index in [4.69, 9.17) is 23.2 Å². The Bertz CT molecular complexity index is 938. The molecule has 1 saturated carbocycles. The number of benzene rings is 1. The van der Waals surface area contributed by atoms with E-state index < -0.39 is 0 Å². The van der Waals surface area contributed by atoms with Gasteiger partial charge < -0.3 is 4.90 Å². The monoisotopic (exact) mass is 422 g/mol. The number of carbonyl (C=O) groups excluding carboxylic acids is 1. The number of hydrogen-bond acceptors (Lipinski definition) is 3. The first-order valence-corrected chi connectivity index (χ1v) is 10.6. The van der Waals surface area contributed by atoms with Crippen molar-refractivity contribution in [3.05, 3.63) is 50.1 Å². The lowest BCUT2D eigenvalue weighted by molar-refractivity contribution is 0.0710. The Morgan fingerprint density at radius 3 is 2.43 bits per heavy atom. The number of halogens is 2. The topological polar surface area (TPSA) is 60.1 Å². The molecule has 1 amide bonds. The van der Waals surface area contributed by atoms with Gasteiger partial charge in [-0.15, -0.1) is 0 Å². The Kier molecular flexibility index (Phi) is 5.52. The SMILES string of the molecule is Cn1nc(C2CCN(C(=O)c3ccc(Cl)cc3Cl)CC2)n(C2CCCC2)c1=O. The van der Waals surface area contributed by atoms with E-state index in [1.54, 1.807) is 25.2 Å². The van der Waals surface area contributed by atoms with Crippen molar-refractivity contribution in [3.8, 4) is 0 Å². The number of piperidine rings is 1. The molecule has 0 radical (unpaired) electrons. The molecule has 8 heteroatoms. The van der Waals surface area contributed by atoms with E-state index in [1.807, 2.05) is 9.47 Å². The number of aromatic nitrogens is 3. The molecule has 2 aromatic rings. The molecule has 0 bridgehead atoms.